The van der Waals surface area contributed by atoms with Crippen LogP contribution in [0.5, 0.6) is 0 Å². The van der Waals surface area contributed by atoms with Gasteiger partial charge in [0.25, 0.3) is 5.91 Å². The van der Waals surface area contributed by atoms with E-state index in [1.165, 1.54) is 36.6 Å². The Morgan fingerprint density at radius 2 is 2.03 bits per heavy atom. The molecule has 2 aliphatic heterocycles. The van der Waals surface area contributed by atoms with Gasteiger partial charge in [0.15, 0.2) is 6.39 Å². The van der Waals surface area contributed by atoms with Crippen LogP contribution in [0.4, 0.5) is 5.82 Å². The zero-order chi connectivity index (χ0) is 24.2. The van der Waals surface area contributed by atoms with Gasteiger partial charge in [-0.25, -0.2) is 9.97 Å². The third-order valence-corrected chi connectivity index (χ3v) is 7.47. The number of carbonyl (C=O) groups is 1. The Balaban J connectivity index is 1.51. The van der Waals surface area contributed by atoms with Crippen molar-refractivity contribution in [2.75, 3.05) is 24.5 Å². The average Bonchev–Trinajstić information content (AvgIpc) is 3.56. The molecule has 182 valence electrons. The van der Waals surface area contributed by atoms with E-state index in [0.29, 0.717) is 43.6 Å². The molecule has 2 aromatic rings. The molecule has 0 unspecified atom stereocenters. The Morgan fingerprint density at radius 3 is 2.65 bits per heavy atom. The van der Waals surface area contributed by atoms with E-state index in [1.54, 1.807) is 6.92 Å². The van der Waals surface area contributed by atoms with E-state index in [9.17, 15) is 4.79 Å². The second-order valence-electron chi connectivity index (χ2n) is 10.9. The molecular formula is C26H35N5O3. The van der Waals surface area contributed by atoms with Crippen LogP contribution in [-0.2, 0) is 17.8 Å². The number of hydrogen-bond donors (Lipinski definition) is 1. The minimum absolute atomic E-state index is 0.00585. The number of carbonyl (C=O) groups excluding carboxylic acids is 1. The maximum atomic E-state index is 13.3. The molecule has 1 saturated heterocycles. The second-order valence-corrected chi connectivity index (χ2v) is 10.9. The number of pyridine rings is 1. The molecular weight excluding hydrogens is 430 g/mol. The Morgan fingerprint density at radius 1 is 1.26 bits per heavy atom. The van der Waals surface area contributed by atoms with Gasteiger partial charge in [-0.1, -0.05) is 13.8 Å². The van der Waals surface area contributed by atoms with Gasteiger partial charge in [-0.05, 0) is 45.1 Å². The number of nitrogens with zero attached hydrogens (tertiary/aromatic N) is 4. The van der Waals surface area contributed by atoms with Crippen LogP contribution in [0.15, 0.2) is 10.8 Å². The van der Waals surface area contributed by atoms with E-state index < -0.39 is 0 Å². The monoisotopic (exact) mass is 465 g/mol. The molecule has 1 amide bonds. The first-order valence-corrected chi connectivity index (χ1v) is 12.4. The van der Waals surface area contributed by atoms with Crippen LogP contribution in [0.2, 0.25) is 0 Å². The molecule has 2 fully saturated rings. The van der Waals surface area contributed by atoms with Crippen LogP contribution in [0, 0.1) is 18.3 Å². The van der Waals surface area contributed by atoms with Gasteiger partial charge in [0.05, 0.1) is 29.6 Å². The van der Waals surface area contributed by atoms with Crippen molar-refractivity contribution in [3.8, 4) is 0 Å². The van der Waals surface area contributed by atoms with Gasteiger partial charge < -0.3 is 24.4 Å². The van der Waals surface area contributed by atoms with Gasteiger partial charge in [-0.2, -0.15) is 0 Å². The lowest BCUT2D eigenvalue weighted by atomic mass is 9.87. The van der Waals surface area contributed by atoms with E-state index in [-0.39, 0.29) is 23.5 Å². The number of ether oxygens (including phenoxy) is 1. The molecule has 0 bridgehead atoms. The highest BCUT2D eigenvalue weighted by Gasteiger charge is 2.39. The van der Waals surface area contributed by atoms with Crippen LogP contribution in [-0.4, -0.2) is 58.3 Å². The summed E-state index contributed by atoms with van der Waals surface area (Å²) in [5.41, 5.74) is 4.84. The Labute approximate surface area is 201 Å². The standard InChI is InChI=1S/C26H35N5O3/c1-15(2)21-12-30(8-9-31(21)25(32)23-16(3)28-14-33-23)24-19(11-27)18-10-26(4,5)34-13-20(18)22(29-24)17-6-7-17/h11,14-15,17,21,27H,6-10,12-13H2,1-5H3/t21-/m0/s1. The fourth-order valence-corrected chi connectivity index (χ4v) is 5.35. The molecule has 0 radical (unpaired) electrons. The lowest BCUT2D eigenvalue weighted by Crippen LogP contribution is -2.57. The van der Waals surface area contributed by atoms with Crippen molar-refractivity contribution >= 4 is 17.9 Å². The first kappa shape index (κ1) is 23.0. The summed E-state index contributed by atoms with van der Waals surface area (Å²) >= 11 is 0. The van der Waals surface area contributed by atoms with Gasteiger partial charge in [-0.15, -0.1) is 0 Å². The summed E-state index contributed by atoms with van der Waals surface area (Å²) in [5, 5.41) is 8.31. The van der Waals surface area contributed by atoms with Crippen molar-refractivity contribution < 1.29 is 13.9 Å². The highest BCUT2D eigenvalue weighted by atomic mass is 16.5. The van der Waals surface area contributed by atoms with Crippen LogP contribution < -0.4 is 4.90 Å². The normalized spacial score (nSPS) is 22.1. The van der Waals surface area contributed by atoms with E-state index in [1.807, 2.05) is 4.90 Å². The van der Waals surface area contributed by atoms with E-state index in [0.717, 1.165) is 23.5 Å². The number of aryl methyl sites for hydroxylation is 1. The quantitative estimate of drug-likeness (QED) is 0.668. The molecule has 0 spiro atoms. The number of anilines is 1. The van der Waals surface area contributed by atoms with E-state index in [4.69, 9.17) is 19.5 Å². The third kappa shape index (κ3) is 4.02. The van der Waals surface area contributed by atoms with Gasteiger partial charge in [0.2, 0.25) is 5.76 Å². The molecule has 8 heteroatoms. The molecule has 0 aromatic carbocycles. The topological polar surface area (TPSA) is 95.6 Å². The molecule has 5 rings (SSSR count). The number of fused-ring (bicyclic) bond motifs is 1. The Bertz CT molecular complexity index is 1120. The van der Waals surface area contributed by atoms with Crippen molar-refractivity contribution in [3.63, 3.8) is 0 Å². The van der Waals surface area contributed by atoms with Gasteiger partial charge in [0, 0.05) is 49.3 Å². The van der Waals surface area contributed by atoms with Crippen molar-refractivity contribution in [1.82, 2.24) is 14.9 Å². The molecule has 1 atom stereocenters. The van der Waals surface area contributed by atoms with Crippen LogP contribution in [0.25, 0.3) is 0 Å². The molecule has 4 heterocycles. The van der Waals surface area contributed by atoms with Crippen molar-refractivity contribution in [1.29, 1.82) is 5.41 Å². The summed E-state index contributed by atoms with van der Waals surface area (Å²) in [6.45, 7) is 12.8. The van der Waals surface area contributed by atoms with Gasteiger partial charge >= 0.3 is 0 Å². The maximum absolute atomic E-state index is 13.3. The third-order valence-electron chi connectivity index (χ3n) is 7.47. The summed E-state index contributed by atoms with van der Waals surface area (Å²) in [5.74, 6) is 1.87. The number of nitrogens with one attached hydrogen (secondary N) is 1. The highest BCUT2D eigenvalue weighted by Crippen LogP contribution is 2.45. The molecule has 1 aliphatic carbocycles. The lowest BCUT2D eigenvalue weighted by molar-refractivity contribution is -0.0406. The van der Waals surface area contributed by atoms with Crippen molar-refractivity contribution in [2.24, 2.45) is 5.92 Å². The predicted molar refractivity (Wildman–Crippen MR) is 130 cm³/mol. The number of amides is 1. The predicted octanol–water partition coefficient (Wildman–Crippen LogP) is 4.09. The summed E-state index contributed by atoms with van der Waals surface area (Å²) in [7, 11) is 0. The highest BCUT2D eigenvalue weighted by molar-refractivity contribution is 5.93. The van der Waals surface area contributed by atoms with Gasteiger partial charge in [-0.3, -0.25) is 4.79 Å². The van der Waals surface area contributed by atoms with E-state index >= 15 is 0 Å². The summed E-state index contributed by atoms with van der Waals surface area (Å²) < 4.78 is 11.6. The molecule has 1 saturated carbocycles. The molecule has 34 heavy (non-hydrogen) atoms. The largest absolute Gasteiger partial charge is 0.438 e. The first-order chi connectivity index (χ1) is 16.2. The molecule has 2 aromatic heterocycles. The maximum Gasteiger partial charge on any atom is 0.291 e. The smallest absolute Gasteiger partial charge is 0.291 e. The number of piperazine rings is 1. The molecule has 3 aliphatic rings. The number of oxazole rings is 1. The SMILES string of the molecule is Cc1ncoc1C(=O)N1CCN(c2nc(C3CC3)c3c(c2C=N)CC(C)(C)OC3)C[C@H]1C(C)C. The minimum Gasteiger partial charge on any atom is -0.438 e. The van der Waals surface area contributed by atoms with Crippen molar-refractivity contribution in [2.45, 2.75) is 78.0 Å². The summed E-state index contributed by atoms with van der Waals surface area (Å²) in [4.78, 5) is 26.8. The average molecular weight is 466 g/mol. The summed E-state index contributed by atoms with van der Waals surface area (Å²) in [6.07, 6.45) is 5.92. The zero-order valence-corrected chi connectivity index (χ0v) is 20.9. The Kier molecular flexibility index (Phi) is 5.74. The number of rotatable bonds is 5. The lowest BCUT2D eigenvalue weighted by Gasteiger charge is -2.44. The fraction of sp³-hybridized carbons (Fsp3) is 0.615. The van der Waals surface area contributed by atoms with Crippen LogP contribution in [0.3, 0.4) is 0 Å². The zero-order valence-electron chi connectivity index (χ0n) is 20.9. The van der Waals surface area contributed by atoms with E-state index in [2.05, 4.69) is 37.6 Å². The molecule has 1 N–H and O–H groups in total. The Hall–Kier alpha value is -2.74. The van der Waals surface area contributed by atoms with Crippen molar-refractivity contribution in [3.05, 3.63) is 40.2 Å². The summed E-state index contributed by atoms with van der Waals surface area (Å²) in [6, 6.07) is 0.00585. The number of hydrogen-bond acceptors (Lipinski definition) is 7. The molecule has 8 nitrogen and oxygen atoms in total. The van der Waals surface area contributed by atoms with Crippen LogP contribution >= 0.6 is 0 Å². The minimum atomic E-state index is -0.259. The fourth-order valence-electron chi connectivity index (χ4n) is 5.35. The number of aromatic nitrogens is 2. The van der Waals surface area contributed by atoms with Gasteiger partial charge in [0.1, 0.15) is 5.82 Å². The second kappa shape index (κ2) is 8.48. The first-order valence-electron chi connectivity index (χ1n) is 12.4. The van der Waals surface area contributed by atoms with Crippen LogP contribution in [0.1, 0.15) is 85.1 Å².